The van der Waals surface area contributed by atoms with Gasteiger partial charge in [-0.2, -0.15) is 0 Å². The summed E-state index contributed by atoms with van der Waals surface area (Å²) in [5.41, 5.74) is 0.164. The number of aliphatic hydroxyl groups is 8. The molecule has 0 bridgehead atoms. The van der Waals surface area contributed by atoms with Crippen LogP contribution in [0.1, 0.15) is 5.56 Å². The number of phenols is 3. The maximum absolute atomic E-state index is 12.2. The smallest absolute Gasteiger partial charge is 0.507 e. The normalized spacial score (nSPS) is 31.2. The van der Waals surface area contributed by atoms with Crippen molar-refractivity contribution in [2.75, 3.05) is 34.0 Å². The van der Waals surface area contributed by atoms with Gasteiger partial charge in [-0.3, -0.25) is 4.79 Å². The second-order valence-corrected chi connectivity index (χ2v) is 15.4. The van der Waals surface area contributed by atoms with Crippen molar-refractivity contribution in [1.29, 1.82) is 0 Å². The molecule has 0 amide bonds. The third-order valence-electron chi connectivity index (χ3n) is 11.1. The molecule has 4 aliphatic heterocycles. The Morgan fingerprint density at radius 3 is 1.83 bits per heavy atom. The number of benzene rings is 3. The molecule has 3 saturated heterocycles. The van der Waals surface area contributed by atoms with Gasteiger partial charge < -0.3 is 108 Å². The van der Waals surface area contributed by atoms with Crippen LogP contribution in [0.25, 0.3) is 28.7 Å². The molecular formula is C43H49O23+. The van der Waals surface area contributed by atoms with E-state index < -0.39 is 123 Å². The summed E-state index contributed by atoms with van der Waals surface area (Å²) in [6, 6.07) is 11.8. The van der Waals surface area contributed by atoms with Gasteiger partial charge in [-0.1, -0.05) is 6.07 Å². The highest BCUT2D eigenvalue weighted by Gasteiger charge is 2.54. The zero-order valence-electron chi connectivity index (χ0n) is 34.9. The number of hydrogen-bond acceptors (Lipinski definition) is 22. The molecule has 4 heterocycles. The van der Waals surface area contributed by atoms with Gasteiger partial charge in [0.15, 0.2) is 52.5 Å². The number of esters is 1. The minimum atomic E-state index is -2.03. The van der Waals surface area contributed by atoms with Crippen LogP contribution < -0.4 is 19.6 Å². The van der Waals surface area contributed by atoms with Crippen LogP contribution in [-0.4, -0.2) is 187 Å². The predicted molar refractivity (Wildman–Crippen MR) is 220 cm³/mol. The summed E-state index contributed by atoms with van der Waals surface area (Å²) in [7, 11) is 2.67. The van der Waals surface area contributed by atoms with Gasteiger partial charge in [0, 0.05) is 17.7 Å². The van der Waals surface area contributed by atoms with Crippen molar-refractivity contribution >= 4 is 12.0 Å². The third-order valence-corrected chi connectivity index (χ3v) is 11.1. The SMILES string of the molecule is COc1cc(C=CC(=[OH+])OC[C@H]2O[C@@H](O[C@H]3[C@H](O)[C@@H](O)C(O[C@@H]4[C@H](O)[C@@H](O)C(Oc5cc6c(O)cc(=O)cc-6oc5-c5ccc(O)c(OC)c5)O[C@@H]4CO)O[C@@H]3CO)[C@H](O)[C@H]2O)ccc1O. The number of hydrogen-bond donors (Lipinski definition) is 11. The molecular weight excluding hydrogens is 884 g/mol. The predicted octanol–water partition coefficient (Wildman–Crippen LogP) is -1.75. The van der Waals surface area contributed by atoms with Crippen LogP contribution in [0, 0.1) is 0 Å². The summed E-state index contributed by atoms with van der Waals surface area (Å²) in [5.74, 6) is -1.61. The van der Waals surface area contributed by atoms with E-state index in [0.29, 0.717) is 5.56 Å². The zero-order valence-corrected chi connectivity index (χ0v) is 34.9. The molecule has 0 radical (unpaired) electrons. The largest absolute Gasteiger partial charge is 0.510 e. The maximum atomic E-state index is 12.2. The van der Waals surface area contributed by atoms with E-state index in [-0.39, 0.29) is 51.4 Å². The molecule has 14 atom stereocenters. The summed E-state index contributed by atoms with van der Waals surface area (Å²) < 4.78 is 56.0. The van der Waals surface area contributed by atoms with Crippen LogP contribution >= 0.6 is 0 Å². The molecule has 2 aromatic carbocycles. The molecule has 0 spiro atoms. The van der Waals surface area contributed by atoms with E-state index in [0.717, 1.165) is 12.1 Å². The first-order chi connectivity index (χ1) is 31.5. The molecule has 1 aliphatic carbocycles. The van der Waals surface area contributed by atoms with E-state index in [2.05, 4.69) is 0 Å². The Bertz CT molecular complexity index is 2370. The molecule has 5 aliphatic rings. The van der Waals surface area contributed by atoms with Crippen LogP contribution in [0.15, 0.2) is 69.9 Å². The van der Waals surface area contributed by atoms with Crippen molar-refractivity contribution in [3.05, 3.63) is 76.5 Å². The van der Waals surface area contributed by atoms with Gasteiger partial charge in [-0.05, 0) is 48.0 Å². The highest BCUT2D eigenvalue weighted by atomic mass is 16.8. The van der Waals surface area contributed by atoms with Crippen molar-refractivity contribution in [2.24, 2.45) is 0 Å². The van der Waals surface area contributed by atoms with Crippen molar-refractivity contribution in [3.63, 3.8) is 0 Å². The monoisotopic (exact) mass is 933 g/mol. The van der Waals surface area contributed by atoms with Gasteiger partial charge in [0.2, 0.25) is 12.9 Å². The Balaban J connectivity index is 1.00. The number of phenolic OH excluding ortho intramolecular Hbond substituents is 3. The first-order valence-electron chi connectivity index (χ1n) is 20.2. The minimum Gasteiger partial charge on any atom is -0.507 e. The number of methoxy groups -OCH3 is 2. The van der Waals surface area contributed by atoms with E-state index in [1.165, 1.54) is 68.8 Å². The number of ether oxygens (including phenoxy) is 9. The topological polar surface area (TPSA) is 357 Å². The highest BCUT2D eigenvalue weighted by Crippen LogP contribution is 2.44. The average molecular weight is 934 g/mol. The molecule has 3 fully saturated rings. The maximum Gasteiger partial charge on any atom is 0.510 e. The molecule has 0 aromatic heterocycles. The zero-order chi connectivity index (χ0) is 47.6. The second kappa shape index (κ2) is 20.5. The van der Waals surface area contributed by atoms with Gasteiger partial charge in [-0.25, -0.2) is 0 Å². The molecule has 7 rings (SSSR count). The number of aromatic hydroxyl groups is 3. The summed E-state index contributed by atoms with van der Waals surface area (Å²) in [4.78, 5) is 22.4. The lowest BCUT2D eigenvalue weighted by atomic mass is 9.96. The Morgan fingerprint density at radius 2 is 1.21 bits per heavy atom. The van der Waals surface area contributed by atoms with Crippen molar-refractivity contribution in [2.45, 2.75) is 86.0 Å². The van der Waals surface area contributed by atoms with Crippen LogP contribution in [0.3, 0.4) is 0 Å². The lowest BCUT2D eigenvalue weighted by molar-refractivity contribution is -0.363. The Labute approximate surface area is 373 Å². The van der Waals surface area contributed by atoms with Gasteiger partial charge in [0.05, 0.1) is 39.1 Å². The fraction of sp³-hybridized carbons (Fsp3) is 0.442. The first kappa shape index (κ1) is 48.3. The lowest BCUT2D eigenvalue weighted by Crippen LogP contribution is -2.65. The molecule has 66 heavy (non-hydrogen) atoms. The molecule has 0 saturated carbocycles. The first-order valence-corrected chi connectivity index (χ1v) is 20.2. The molecule has 2 aromatic rings. The number of carbonyl (C=O) groups excluding carboxylic acids is 1. The highest BCUT2D eigenvalue weighted by molar-refractivity contribution is 5.88. The summed E-state index contributed by atoms with van der Waals surface area (Å²) in [6.45, 7) is -2.29. The molecule has 12 N–H and O–H groups in total. The Kier molecular flexibility index (Phi) is 15.0. The fourth-order valence-corrected chi connectivity index (χ4v) is 7.51. The standard InChI is InChI=1S/C43H48O23/c1-57-25-9-17(3-6-21(25)47)4-8-31(50)59-16-30-32(51)35(54)42(64-30)65-40-29(15-45)63-43(37(56)34(40)53)66-39-28(14-44)62-41(36(55)33(39)52)61-27-13-20-23(49)11-19(46)12-24(20)60-38(27)18-5-7-22(48)26(10-18)58-2/h3-13,28-30,32-37,39-45,47-49,51-56H,14-16H2,1-2H3/p+1/t28-,29-,30-,32+,33-,34-,35-,36-,37-,39+,40-,41?,42+,43?/m1/s1. The fourth-order valence-electron chi connectivity index (χ4n) is 7.51. The van der Waals surface area contributed by atoms with Gasteiger partial charge in [-0.15, -0.1) is 0 Å². The van der Waals surface area contributed by atoms with E-state index in [1.807, 2.05) is 0 Å². The number of rotatable bonds is 15. The van der Waals surface area contributed by atoms with Gasteiger partial charge in [0.25, 0.3) is 0 Å². The van der Waals surface area contributed by atoms with E-state index in [1.54, 1.807) is 0 Å². The minimum absolute atomic E-state index is 0.000364. The number of aliphatic hydroxyl groups excluding tert-OH is 8. The van der Waals surface area contributed by atoms with E-state index in [4.69, 9.17) is 47.0 Å². The Morgan fingerprint density at radius 1 is 0.652 bits per heavy atom. The number of fused-ring (bicyclic) bond motifs is 1. The van der Waals surface area contributed by atoms with Crippen molar-refractivity contribution in [3.8, 4) is 57.1 Å². The van der Waals surface area contributed by atoms with Crippen LogP contribution in [0.5, 0.6) is 34.5 Å². The average Bonchev–Trinajstić information content (AvgIpc) is 3.57. The summed E-state index contributed by atoms with van der Waals surface area (Å²) in [6.07, 6.45) is -21.9. The summed E-state index contributed by atoms with van der Waals surface area (Å²) in [5, 5.41) is 118. The third kappa shape index (κ3) is 10.0. The molecule has 2 unspecified atom stereocenters. The quantitative estimate of drug-likeness (QED) is 0.0358. The van der Waals surface area contributed by atoms with Gasteiger partial charge in [0.1, 0.15) is 78.7 Å². The molecule has 358 valence electrons. The van der Waals surface area contributed by atoms with E-state index >= 15 is 0 Å². The lowest BCUT2D eigenvalue weighted by Gasteiger charge is -2.46. The van der Waals surface area contributed by atoms with Crippen LogP contribution in [-0.2, 0) is 28.4 Å². The van der Waals surface area contributed by atoms with Crippen molar-refractivity contribution < 1.29 is 108 Å². The summed E-state index contributed by atoms with van der Waals surface area (Å²) >= 11 is 0. The Hall–Kier alpha value is -5.64. The molecule has 23 heteroatoms. The van der Waals surface area contributed by atoms with Gasteiger partial charge >= 0.3 is 5.97 Å². The molecule has 23 nitrogen and oxygen atoms in total. The van der Waals surface area contributed by atoms with Crippen molar-refractivity contribution in [1.82, 2.24) is 0 Å². The van der Waals surface area contributed by atoms with E-state index in [9.17, 15) is 65.8 Å². The second-order valence-electron chi connectivity index (χ2n) is 15.4. The van der Waals surface area contributed by atoms with Crippen LogP contribution in [0.4, 0.5) is 0 Å². The van der Waals surface area contributed by atoms with Crippen LogP contribution in [0.2, 0.25) is 0 Å².